The van der Waals surface area contributed by atoms with Crippen molar-refractivity contribution in [2.45, 2.75) is 84.6 Å². The zero-order valence-corrected chi connectivity index (χ0v) is 16.9. The first-order valence-corrected chi connectivity index (χ1v) is 10.8. The van der Waals surface area contributed by atoms with Gasteiger partial charge in [0.15, 0.2) is 0 Å². The number of carbonyl (C=O) groups excluding carboxylic acids is 2. The van der Waals surface area contributed by atoms with E-state index in [1.165, 1.54) is 25.7 Å². The number of Topliss-reactive ketones (excluding diaryl/α,β-unsaturated/α-hetero) is 1. The largest absolute Gasteiger partial charge is 0.347 e. The number of nitrogens with one attached hydrogen (secondary N) is 1. The van der Waals surface area contributed by atoms with Gasteiger partial charge in [-0.3, -0.25) is 9.59 Å². The molecule has 0 saturated heterocycles. The summed E-state index contributed by atoms with van der Waals surface area (Å²) in [7, 11) is 0. The summed E-state index contributed by atoms with van der Waals surface area (Å²) in [5, 5.41) is 3.30. The number of carbonyl (C=O) groups is 2. The summed E-state index contributed by atoms with van der Waals surface area (Å²) in [5.41, 5.74) is 0.125. The van der Waals surface area contributed by atoms with Gasteiger partial charge < -0.3 is 5.32 Å². The van der Waals surface area contributed by atoms with Crippen LogP contribution in [0.5, 0.6) is 0 Å². The number of rotatable bonds is 3. The molecule has 1 N–H and O–H groups in total. The summed E-state index contributed by atoms with van der Waals surface area (Å²) in [4.78, 5) is 24.8. The molecule has 3 aliphatic carbocycles. The van der Waals surface area contributed by atoms with Crippen LogP contribution in [0, 0.1) is 34.5 Å². The Morgan fingerprint density at radius 2 is 1.88 bits per heavy atom. The van der Waals surface area contributed by atoms with Crippen LogP contribution in [0.3, 0.4) is 0 Å². The van der Waals surface area contributed by atoms with Crippen LogP contribution in [0.4, 0.5) is 0 Å². The summed E-state index contributed by atoms with van der Waals surface area (Å²) in [5.74, 6) is 2.88. The number of ketones is 1. The lowest BCUT2D eigenvalue weighted by molar-refractivity contribution is -0.136. The Hall–Kier alpha value is -1.12. The van der Waals surface area contributed by atoms with E-state index in [1.807, 2.05) is 0 Å². The van der Waals surface area contributed by atoms with E-state index >= 15 is 0 Å². The third-order valence-corrected chi connectivity index (χ3v) is 9.24. The lowest BCUT2D eigenvalue weighted by Crippen LogP contribution is -2.66. The Bertz CT molecular complexity index is 655. The molecule has 0 radical (unpaired) electrons. The van der Waals surface area contributed by atoms with Crippen LogP contribution < -0.4 is 5.32 Å². The molecule has 0 spiro atoms. The molecule has 0 unspecified atom stereocenters. The van der Waals surface area contributed by atoms with Gasteiger partial charge in [-0.25, -0.2) is 0 Å². The van der Waals surface area contributed by atoms with E-state index in [9.17, 15) is 9.59 Å². The Labute approximate surface area is 158 Å². The second-order valence-corrected chi connectivity index (χ2v) is 10.2. The maximum atomic E-state index is 12.8. The van der Waals surface area contributed by atoms with Crippen molar-refractivity contribution in [3.63, 3.8) is 0 Å². The Kier molecular flexibility index (Phi) is 4.17. The standard InChI is InChI=1S/C23H35NO2/c1-5-6-19(25)18-8-7-16-15-9-14-23(4)22(3,13-11-20(26)24-23)17(15)10-12-21(16,18)2/h11,13,15-18H,5-10,12,14H2,1-4H3,(H,24,26)/t15-,16-,17-,18+,21-,22+,23+/m0/s1. The fourth-order valence-corrected chi connectivity index (χ4v) is 7.59. The van der Waals surface area contributed by atoms with E-state index in [4.69, 9.17) is 0 Å². The predicted molar refractivity (Wildman–Crippen MR) is 103 cm³/mol. The van der Waals surface area contributed by atoms with Gasteiger partial charge >= 0.3 is 0 Å². The molecule has 4 rings (SSSR count). The quantitative estimate of drug-likeness (QED) is 0.798. The highest BCUT2D eigenvalue weighted by Gasteiger charge is 2.63. The van der Waals surface area contributed by atoms with Crippen LogP contribution in [0.25, 0.3) is 0 Å². The lowest BCUT2D eigenvalue weighted by Gasteiger charge is -2.62. The van der Waals surface area contributed by atoms with Crippen LogP contribution in [0.1, 0.15) is 79.1 Å². The molecule has 3 saturated carbocycles. The Balaban J connectivity index is 1.64. The molecule has 144 valence electrons. The van der Waals surface area contributed by atoms with Crippen molar-refractivity contribution in [3.8, 4) is 0 Å². The van der Waals surface area contributed by atoms with E-state index in [0.29, 0.717) is 23.5 Å². The molecule has 0 aromatic heterocycles. The molecular formula is C23H35NO2. The van der Waals surface area contributed by atoms with E-state index in [-0.39, 0.29) is 28.2 Å². The topological polar surface area (TPSA) is 46.2 Å². The Morgan fingerprint density at radius 1 is 1.12 bits per heavy atom. The van der Waals surface area contributed by atoms with Crippen LogP contribution in [-0.4, -0.2) is 17.2 Å². The van der Waals surface area contributed by atoms with Gasteiger partial charge in [0.1, 0.15) is 5.78 Å². The first-order chi connectivity index (χ1) is 12.2. The molecule has 0 aromatic rings. The molecule has 0 bridgehead atoms. The minimum atomic E-state index is -0.121. The fourth-order valence-electron chi connectivity index (χ4n) is 7.59. The molecule has 3 fully saturated rings. The zero-order valence-electron chi connectivity index (χ0n) is 16.9. The molecule has 3 heteroatoms. The second-order valence-electron chi connectivity index (χ2n) is 10.2. The van der Waals surface area contributed by atoms with E-state index < -0.39 is 0 Å². The molecule has 7 atom stereocenters. The summed E-state index contributed by atoms with van der Waals surface area (Å²) < 4.78 is 0. The van der Waals surface area contributed by atoms with Crippen LogP contribution in [-0.2, 0) is 9.59 Å². The molecular weight excluding hydrogens is 322 g/mol. The van der Waals surface area contributed by atoms with Gasteiger partial charge in [0.05, 0.1) is 0 Å². The van der Waals surface area contributed by atoms with Gasteiger partial charge in [0, 0.05) is 23.3 Å². The van der Waals surface area contributed by atoms with Crippen molar-refractivity contribution in [3.05, 3.63) is 12.2 Å². The molecule has 1 heterocycles. The summed E-state index contributed by atoms with van der Waals surface area (Å²) in [6.45, 7) is 9.17. The summed E-state index contributed by atoms with van der Waals surface area (Å²) in [6, 6.07) is 0. The average molecular weight is 358 g/mol. The maximum absolute atomic E-state index is 12.8. The van der Waals surface area contributed by atoms with E-state index in [1.54, 1.807) is 6.08 Å². The normalized spacial score (nSPS) is 49.8. The van der Waals surface area contributed by atoms with Crippen molar-refractivity contribution in [1.29, 1.82) is 0 Å². The van der Waals surface area contributed by atoms with Gasteiger partial charge in [-0.2, -0.15) is 0 Å². The second kappa shape index (κ2) is 5.94. The summed E-state index contributed by atoms with van der Waals surface area (Å²) >= 11 is 0. The van der Waals surface area contributed by atoms with Crippen molar-refractivity contribution >= 4 is 11.7 Å². The van der Waals surface area contributed by atoms with Gasteiger partial charge in [-0.15, -0.1) is 0 Å². The van der Waals surface area contributed by atoms with Crippen LogP contribution in [0.15, 0.2) is 12.2 Å². The highest BCUT2D eigenvalue weighted by Crippen LogP contribution is 2.66. The predicted octanol–water partition coefficient (Wildman–Crippen LogP) is 4.66. The van der Waals surface area contributed by atoms with E-state index in [0.717, 1.165) is 25.7 Å². The van der Waals surface area contributed by atoms with Gasteiger partial charge in [0.25, 0.3) is 0 Å². The van der Waals surface area contributed by atoms with Gasteiger partial charge in [-0.1, -0.05) is 26.8 Å². The van der Waals surface area contributed by atoms with Crippen molar-refractivity contribution in [2.75, 3.05) is 0 Å². The molecule has 0 aromatic carbocycles. The van der Waals surface area contributed by atoms with Crippen molar-refractivity contribution < 1.29 is 9.59 Å². The highest BCUT2D eigenvalue weighted by molar-refractivity contribution is 5.89. The molecule has 4 aliphatic rings. The lowest BCUT2D eigenvalue weighted by atomic mass is 9.45. The Morgan fingerprint density at radius 3 is 2.62 bits per heavy atom. The molecule has 3 nitrogen and oxygen atoms in total. The number of fused-ring (bicyclic) bond motifs is 5. The molecule has 1 aliphatic heterocycles. The van der Waals surface area contributed by atoms with Crippen molar-refractivity contribution in [1.82, 2.24) is 5.32 Å². The van der Waals surface area contributed by atoms with Gasteiger partial charge in [-0.05, 0) is 81.1 Å². The smallest absolute Gasteiger partial charge is 0.244 e. The average Bonchev–Trinajstić information content (AvgIpc) is 2.93. The highest BCUT2D eigenvalue weighted by atomic mass is 16.1. The number of hydrogen-bond acceptors (Lipinski definition) is 2. The first kappa shape index (κ1) is 18.3. The van der Waals surface area contributed by atoms with E-state index in [2.05, 4.69) is 39.1 Å². The summed E-state index contributed by atoms with van der Waals surface area (Å²) in [6.07, 6.45) is 12.7. The van der Waals surface area contributed by atoms with Gasteiger partial charge in [0.2, 0.25) is 5.91 Å². The fraction of sp³-hybridized carbons (Fsp3) is 0.826. The number of hydrogen-bond donors (Lipinski definition) is 1. The first-order valence-electron chi connectivity index (χ1n) is 10.8. The van der Waals surface area contributed by atoms with Crippen molar-refractivity contribution in [2.24, 2.45) is 34.5 Å². The minimum absolute atomic E-state index is 0.0384. The zero-order chi connectivity index (χ0) is 18.7. The minimum Gasteiger partial charge on any atom is -0.347 e. The van der Waals surface area contributed by atoms with Crippen LogP contribution >= 0.6 is 0 Å². The SMILES string of the molecule is CCCC(=O)[C@H]1CC[C@H]2[C@@H]3CC[C@@]4(C)NC(=O)C=C[C@]4(C)[C@H]3CC[C@]12C. The third kappa shape index (κ3) is 2.31. The van der Waals surface area contributed by atoms with Crippen LogP contribution in [0.2, 0.25) is 0 Å². The molecule has 1 amide bonds. The monoisotopic (exact) mass is 357 g/mol. The molecule has 26 heavy (non-hydrogen) atoms. The number of amides is 1. The maximum Gasteiger partial charge on any atom is 0.244 e. The third-order valence-electron chi connectivity index (χ3n) is 9.24.